The lowest BCUT2D eigenvalue weighted by Crippen LogP contribution is -2.40. The minimum absolute atomic E-state index is 0.112. The number of hydrogen-bond acceptors (Lipinski definition) is 3. The number of nitrogens with zero attached hydrogens (tertiary/aromatic N) is 1. The molecule has 0 spiro atoms. The smallest absolute Gasteiger partial charge is 0.149 e. The number of hydrogen-bond donors (Lipinski definition) is 0. The number of ketones is 1. The second-order valence-corrected chi connectivity index (χ2v) is 10.4. The Hall–Kier alpha value is -2.21. The molecule has 1 saturated heterocycles. The third-order valence-corrected chi connectivity index (χ3v) is 7.76. The van der Waals surface area contributed by atoms with Gasteiger partial charge in [0.15, 0.2) is 0 Å². The first-order chi connectivity index (χ1) is 15.8. The molecule has 0 aliphatic carbocycles. The summed E-state index contributed by atoms with van der Waals surface area (Å²) in [6.45, 7) is 0. The maximum atomic E-state index is 13.5. The van der Waals surface area contributed by atoms with Gasteiger partial charge in [-0.05, 0) is 79.3 Å². The zero-order valence-electron chi connectivity index (χ0n) is 17.7. The number of benzene rings is 3. The Balaban J connectivity index is 1.74. The summed E-state index contributed by atoms with van der Waals surface area (Å²) in [6, 6.07) is 17.6. The van der Waals surface area contributed by atoms with Crippen molar-refractivity contribution in [3.05, 3.63) is 99.5 Å². The van der Waals surface area contributed by atoms with Crippen LogP contribution < -0.4 is 0 Å². The van der Waals surface area contributed by atoms with E-state index in [1.54, 1.807) is 42.5 Å². The zero-order chi connectivity index (χ0) is 23.4. The molecule has 0 unspecified atom stereocenters. The molecule has 1 aliphatic rings. The van der Waals surface area contributed by atoms with Gasteiger partial charge in [0, 0.05) is 6.42 Å². The van der Waals surface area contributed by atoms with Gasteiger partial charge in [0.25, 0.3) is 0 Å². The van der Waals surface area contributed by atoms with Gasteiger partial charge in [-0.3, -0.25) is 4.79 Å². The first kappa shape index (κ1) is 23.9. The first-order valence-electron chi connectivity index (χ1n) is 10.6. The van der Waals surface area contributed by atoms with Crippen molar-refractivity contribution >= 4 is 51.5 Å². The van der Waals surface area contributed by atoms with Crippen molar-refractivity contribution in [1.29, 1.82) is 0 Å². The molecule has 0 saturated carbocycles. The molecule has 3 aromatic carbocycles. The number of aliphatic imine (C=N–C) groups is 1. The maximum absolute atomic E-state index is 13.5. The van der Waals surface area contributed by atoms with E-state index < -0.39 is 4.75 Å². The van der Waals surface area contributed by atoms with Crippen molar-refractivity contribution in [1.82, 2.24) is 0 Å². The number of rotatable bonds is 5. The van der Waals surface area contributed by atoms with Crippen LogP contribution in [0.3, 0.4) is 0 Å². The highest BCUT2D eigenvalue weighted by molar-refractivity contribution is 8.15. The molecule has 0 N–H and O–H groups in total. The van der Waals surface area contributed by atoms with E-state index in [0.29, 0.717) is 47.8 Å². The molecule has 33 heavy (non-hydrogen) atoms. The van der Waals surface area contributed by atoms with Crippen LogP contribution in [0.5, 0.6) is 0 Å². The normalized spacial score (nSPS) is 17.2. The van der Waals surface area contributed by atoms with E-state index >= 15 is 0 Å². The number of carbonyl (C=O) groups excluding carboxylic acids is 1. The van der Waals surface area contributed by atoms with Gasteiger partial charge in [0.2, 0.25) is 0 Å². The SMILES string of the molecule is O=C1CCCC(=Nc2ccc(Cl)c(Cl)c2)SC1(Cc1ccc(F)cc1)Cc1ccc(F)cc1. The molecule has 0 radical (unpaired) electrons. The second kappa shape index (κ2) is 10.4. The van der Waals surface area contributed by atoms with Crippen molar-refractivity contribution in [2.45, 2.75) is 36.9 Å². The minimum atomic E-state index is -0.846. The molecule has 0 amide bonds. The Morgan fingerprint density at radius 1 is 0.818 bits per heavy atom. The molecule has 170 valence electrons. The van der Waals surface area contributed by atoms with E-state index in [-0.39, 0.29) is 17.4 Å². The topological polar surface area (TPSA) is 29.4 Å². The molecule has 7 heteroatoms. The summed E-state index contributed by atoms with van der Waals surface area (Å²) in [5, 5.41) is 1.69. The predicted octanol–water partition coefficient (Wildman–Crippen LogP) is 8.01. The van der Waals surface area contributed by atoms with Crippen LogP contribution in [0.15, 0.2) is 71.7 Å². The van der Waals surface area contributed by atoms with E-state index in [2.05, 4.69) is 0 Å². The van der Waals surface area contributed by atoms with Crippen LogP contribution >= 0.6 is 35.0 Å². The van der Waals surface area contributed by atoms with Crippen LogP contribution in [0.25, 0.3) is 0 Å². The van der Waals surface area contributed by atoms with E-state index in [1.807, 2.05) is 0 Å². The molecule has 2 nitrogen and oxygen atoms in total. The minimum Gasteiger partial charge on any atom is -0.298 e. The molecular formula is C26H21Cl2F2NOS. The highest BCUT2D eigenvalue weighted by atomic mass is 35.5. The lowest BCUT2D eigenvalue weighted by atomic mass is 9.86. The van der Waals surface area contributed by atoms with Gasteiger partial charge >= 0.3 is 0 Å². The lowest BCUT2D eigenvalue weighted by Gasteiger charge is -2.31. The van der Waals surface area contributed by atoms with Crippen molar-refractivity contribution in [2.24, 2.45) is 4.99 Å². The Morgan fingerprint density at radius 2 is 1.39 bits per heavy atom. The average molecular weight is 504 g/mol. The monoisotopic (exact) mass is 503 g/mol. The van der Waals surface area contributed by atoms with Crippen LogP contribution in [0.1, 0.15) is 30.4 Å². The predicted molar refractivity (Wildman–Crippen MR) is 133 cm³/mol. The van der Waals surface area contributed by atoms with Gasteiger partial charge < -0.3 is 0 Å². The molecular weight excluding hydrogens is 483 g/mol. The Bertz CT molecular complexity index is 1130. The Morgan fingerprint density at radius 3 is 1.94 bits per heavy atom. The molecule has 1 fully saturated rings. The molecule has 4 rings (SSSR count). The van der Waals surface area contributed by atoms with Crippen LogP contribution in [0.2, 0.25) is 10.0 Å². The summed E-state index contributed by atoms with van der Waals surface area (Å²) in [5.41, 5.74) is 2.38. The van der Waals surface area contributed by atoms with Gasteiger partial charge in [-0.15, -0.1) is 0 Å². The van der Waals surface area contributed by atoms with Crippen molar-refractivity contribution in [3.63, 3.8) is 0 Å². The average Bonchev–Trinajstić information content (AvgIpc) is 2.93. The van der Waals surface area contributed by atoms with Gasteiger partial charge in [0.05, 0.1) is 25.5 Å². The van der Waals surface area contributed by atoms with Crippen LogP contribution in [-0.4, -0.2) is 15.6 Å². The quantitative estimate of drug-likeness (QED) is 0.352. The van der Waals surface area contributed by atoms with Crippen molar-refractivity contribution in [2.75, 3.05) is 0 Å². The first-order valence-corrected chi connectivity index (χ1v) is 12.1. The van der Waals surface area contributed by atoms with Gasteiger partial charge in [-0.2, -0.15) is 0 Å². The number of thioether (sulfide) groups is 1. The Kier molecular flexibility index (Phi) is 7.52. The zero-order valence-corrected chi connectivity index (χ0v) is 20.0. The summed E-state index contributed by atoms with van der Waals surface area (Å²) < 4.78 is 26.2. The third-order valence-electron chi connectivity index (χ3n) is 5.58. The van der Waals surface area contributed by atoms with Crippen LogP contribution in [0.4, 0.5) is 14.5 Å². The van der Waals surface area contributed by atoms with Gasteiger partial charge in [-0.25, -0.2) is 13.8 Å². The highest BCUT2D eigenvalue weighted by Gasteiger charge is 2.42. The van der Waals surface area contributed by atoms with Crippen molar-refractivity contribution in [3.8, 4) is 0 Å². The van der Waals surface area contributed by atoms with E-state index in [0.717, 1.165) is 16.2 Å². The van der Waals surface area contributed by atoms with Gasteiger partial charge in [0.1, 0.15) is 17.4 Å². The molecule has 1 heterocycles. The number of halogens is 4. The maximum Gasteiger partial charge on any atom is 0.149 e. The summed E-state index contributed by atoms with van der Waals surface area (Å²) in [7, 11) is 0. The lowest BCUT2D eigenvalue weighted by molar-refractivity contribution is -0.121. The molecule has 1 aliphatic heterocycles. The van der Waals surface area contributed by atoms with Gasteiger partial charge in [-0.1, -0.05) is 59.2 Å². The Labute approximate surface area is 206 Å². The highest BCUT2D eigenvalue weighted by Crippen LogP contribution is 2.41. The number of Topliss-reactive ketones (excluding diaryl/α,β-unsaturated/α-hetero) is 1. The summed E-state index contributed by atoms with van der Waals surface area (Å²) in [6.07, 6.45) is 2.57. The summed E-state index contributed by atoms with van der Waals surface area (Å²) >= 11 is 13.6. The fourth-order valence-electron chi connectivity index (χ4n) is 3.93. The largest absolute Gasteiger partial charge is 0.298 e. The van der Waals surface area contributed by atoms with Crippen molar-refractivity contribution < 1.29 is 13.6 Å². The number of carbonyl (C=O) groups is 1. The third kappa shape index (κ3) is 6.03. The fourth-order valence-corrected chi connectivity index (χ4v) is 5.77. The fraction of sp³-hybridized carbons (Fsp3) is 0.231. The molecule has 0 aromatic heterocycles. The van der Waals surface area contributed by atoms with E-state index in [1.165, 1.54) is 36.0 Å². The van der Waals surface area contributed by atoms with Crippen LogP contribution in [0, 0.1) is 11.6 Å². The second-order valence-electron chi connectivity index (χ2n) is 8.08. The standard InChI is InChI=1S/C26H21Cl2F2NOS/c27-22-13-12-21(14-23(22)28)31-25-3-1-2-24(32)26(33-25,15-17-4-8-19(29)9-5-17)16-18-6-10-20(30)11-7-18/h4-14H,1-3,15-16H2. The summed E-state index contributed by atoms with van der Waals surface area (Å²) in [4.78, 5) is 18.3. The molecule has 0 atom stereocenters. The summed E-state index contributed by atoms with van der Waals surface area (Å²) in [5.74, 6) is -0.540. The van der Waals surface area contributed by atoms with Crippen LogP contribution in [-0.2, 0) is 17.6 Å². The van der Waals surface area contributed by atoms with E-state index in [4.69, 9.17) is 28.2 Å². The molecule has 3 aromatic rings. The molecule has 0 bridgehead atoms. The van der Waals surface area contributed by atoms with E-state index in [9.17, 15) is 13.6 Å².